The van der Waals surface area contributed by atoms with Crippen molar-refractivity contribution in [2.24, 2.45) is 5.73 Å². The van der Waals surface area contributed by atoms with Crippen molar-refractivity contribution in [3.05, 3.63) is 69.1 Å². The van der Waals surface area contributed by atoms with Crippen LogP contribution in [-0.4, -0.2) is 17.1 Å². The molecule has 4 rings (SSSR count). The summed E-state index contributed by atoms with van der Waals surface area (Å²) in [5.74, 6) is -1.24. The highest BCUT2D eigenvalue weighted by Gasteiger charge is 2.62. The molecule has 0 bridgehead atoms. The van der Waals surface area contributed by atoms with Gasteiger partial charge in [-0.2, -0.15) is 5.26 Å². The zero-order chi connectivity index (χ0) is 20.2. The Balaban J connectivity index is 2.20. The van der Waals surface area contributed by atoms with Gasteiger partial charge in [-0.15, -0.1) is 0 Å². The molecule has 1 atom stereocenters. The van der Waals surface area contributed by atoms with Gasteiger partial charge in [-0.1, -0.05) is 18.2 Å². The quantitative estimate of drug-likeness (QED) is 0.803. The Hall–Kier alpha value is -3.57. The fraction of sp³-hybridized carbons (Fsp3) is 0.250. The Labute approximate surface area is 160 Å². The van der Waals surface area contributed by atoms with Crippen molar-refractivity contribution in [3.8, 4) is 11.8 Å². The monoisotopic (exact) mass is 379 g/mol. The van der Waals surface area contributed by atoms with Crippen LogP contribution in [-0.2, 0) is 16.8 Å². The van der Waals surface area contributed by atoms with Crippen LogP contribution >= 0.6 is 0 Å². The third-order valence-corrected chi connectivity index (χ3v) is 5.02. The van der Waals surface area contributed by atoms with E-state index >= 15 is 0 Å². The van der Waals surface area contributed by atoms with Gasteiger partial charge in [0, 0.05) is 23.4 Å². The third-order valence-electron chi connectivity index (χ3n) is 5.02. The van der Waals surface area contributed by atoms with E-state index in [0.717, 1.165) is 6.07 Å². The number of anilines is 1. The molecule has 0 saturated carbocycles. The molecule has 8 heteroatoms. The summed E-state index contributed by atoms with van der Waals surface area (Å²) in [6, 6.07) is 9.78. The van der Waals surface area contributed by atoms with Crippen molar-refractivity contribution in [2.45, 2.75) is 31.9 Å². The number of carbonyl (C=O) groups is 1. The molecule has 0 aliphatic carbocycles. The summed E-state index contributed by atoms with van der Waals surface area (Å²) in [7, 11) is 0. The van der Waals surface area contributed by atoms with Crippen LogP contribution in [0.5, 0.6) is 5.75 Å². The molecule has 3 heterocycles. The lowest BCUT2D eigenvalue weighted by atomic mass is 9.72. The van der Waals surface area contributed by atoms with Crippen LogP contribution in [0, 0.1) is 11.3 Å². The number of ether oxygens (including phenoxy) is 1. The highest BCUT2D eigenvalue weighted by atomic mass is 16.5. The van der Waals surface area contributed by atoms with E-state index in [4.69, 9.17) is 14.9 Å². The molecule has 1 spiro atoms. The van der Waals surface area contributed by atoms with Crippen LogP contribution in [0.2, 0.25) is 0 Å². The molecule has 2 aliphatic rings. The first kappa shape index (κ1) is 17.8. The number of hydrogen-bond donors (Lipinski definition) is 2. The predicted molar refractivity (Wildman–Crippen MR) is 98.2 cm³/mol. The SMILES string of the molecule is CC(C)N1C(=O)[C@@]2(C(C#N)=C(N)Oc3c2oc(CO)cc3=O)c2ccccc21. The first-order valence-corrected chi connectivity index (χ1v) is 8.67. The van der Waals surface area contributed by atoms with Crippen LogP contribution in [0.4, 0.5) is 5.69 Å². The summed E-state index contributed by atoms with van der Waals surface area (Å²) in [4.78, 5) is 27.9. The lowest BCUT2D eigenvalue weighted by Gasteiger charge is -2.33. The second-order valence-electron chi connectivity index (χ2n) is 6.88. The number of nitriles is 1. The molecule has 0 saturated heterocycles. The molecule has 2 aromatic rings. The maximum absolute atomic E-state index is 13.8. The lowest BCUT2D eigenvalue weighted by Crippen LogP contribution is -2.48. The molecule has 0 unspecified atom stereocenters. The number of hydrogen-bond acceptors (Lipinski definition) is 7. The molecule has 28 heavy (non-hydrogen) atoms. The fourth-order valence-corrected chi connectivity index (χ4v) is 3.93. The largest absolute Gasteiger partial charge is 0.457 e. The van der Waals surface area contributed by atoms with E-state index in [0.29, 0.717) is 11.3 Å². The summed E-state index contributed by atoms with van der Waals surface area (Å²) in [6.07, 6.45) is 0. The predicted octanol–water partition coefficient (Wildman–Crippen LogP) is 1.26. The van der Waals surface area contributed by atoms with Crippen molar-refractivity contribution in [2.75, 3.05) is 4.90 Å². The van der Waals surface area contributed by atoms with Gasteiger partial charge in [-0.3, -0.25) is 9.59 Å². The third kappa shape index (κ3) is 2.02. The number of nitrogens with two attached hydrogens (primary N) is 1. The Morgan fingerprint density at radius 1 is 1.32 bits per heavy atom. The highest BCUT2D eigenvalue weighted by molar-refractivity contribution is 6.14. The van der Waals surface area contributed by atoms with Crippen LogP contribution in [0.25, 0.3) is 0 Å². The summed E-state index contributed by atoms with van der Waals surface area (Å²) in [5.41, 5.74) is 4.53. The molecular formula is C20H17N3O5. The van der Waals surface area contributed by atoms with Gasteiger partial charge in [0.1, 0.15) is 24.0 Å². The minimum Gasteiger partial charge on any atom is -0.457 e. The number of amides is 1. The molecule has 8 nitrogen and oxygen atoms in total. The molecule has 142 valence electrons. The van der Waals surface area contributed by atoms with Crippen molar-refractivity contribution < 1.29 is 19.1 Å². The first-order valence-electron chi connectivity index (χ1n) is 8.67. The number of aliphatic hydroxyl groups is 1. The van der Waals surface area contributed by atoms with Gasteiger partial charge in [-0.25, -0.2) is 0 Å². The minimum atomic E-state index is -1.75. The topological polar surface area (TPSA) is 130 Å². The molecule has 0 radical (unpaired) electrons. The molecule has 2 aliphatic heterocycles. The van der Waals surface area contributed by atoms with Gasteiger partial charge in [0.05, 0.1) is 0 Å². The van der Waals surface area contributed by atoms with E-state index in [2.05, 4.69) is 0 Å². The number of aliphatic hydroxyl groups excluding tert-OH is 1. The number of para-hydroxylation sites is 1. The van der Waals surface area contributed by atoms with E-state index in [9.17, 15) is 20.0 Å². The summed E-state index contributed by atoms with van der Waals surface area (Å²) in [6.45, 7) is 3.13. The molecule has 0 fully saturated rings. The number of carbonyl (C=O) groups excluding carboxylic acids is 1. The van der Waals surface area contributed by atoms with Crippen LogP contribution in [0.3, 0.4) is 0 Å². The maximum atomic E-state index is 13.8. The zero-order valence-electron chi connectivity index (χ0n) is 15.2. The molecule has 3 N–H and O–H groups in total. The average Bonchev–Trinajstić information content (AvgIpc) is 2.92. The van der Waals surface area contributed by atoms with Crippen molar-refractivity contribution in [1.29, 1.82) is 5.26 Å². The minimum absolute atomic E-state index is 0.0437. The van der Waals surface area contributed by atoms with Crippen LogP contribution < -0.4 is 20.8 Å². The van der Waals surface area contributed by atoms with Gasteiger partial charge >= 0.3 is 0 Å². The number of benzene rings is 1. The van der Waals surface area contributed by atoms with E-state index < -0.39 is 23.4 Å². The van der Waals surface area contributed by atoms with E-state index in [1.807, 2.05) is 19.9 Å². The molecular weight excluding hydrogens is 362 g/mol. The number of nitrogens with zero attached hydrogens (tertiary/aromatic N) is 2. The Kier molecular flexibility index (Phi) is 3.80. The van der Waals surface area contributed by atoms with Crippen molar-refractivity contribution in [1.82, 2.24) is 0 Å². The van der Waals surface area contributed by atoms with Gasteiger partial charge < -0.3 is 24.9 Å². The lowest BCUT2D eigenvalue weighted by molar-refractivity contribution is -0.121. The first-order chi connectivity index (χ1) is 13.4. The summed E-state index contributed by atoms with van der Waals surface area (Å²) < 4.78 is 11.1. The van der Waals surface area contributed by atoms with E-state index in [-0.39, 0.29) is 34.8 Å². The smallest absolute Gasteiger partial charge is 0.251 e. The highest BCUT2D eigenvalue weighted by Crippen LogP contribution is 2.55. The number of fused-ring (bicyclic) bond motifs is 4. The molecule has 1 aromatic heterocycles. The Morgan fingerprint density at radius 3 is 2.68 bits per heavy atom. The van der Waals surface area contributed by atoms with Gasteiger partial charge in [-0.05, 0) is 19.9 Å². The maximum Gasteiger partial charge on any atom is 0.251 e. The van der Waals surface area contributed by atoms with Crippen LogP contribution in [0.15, 0.2) is 51.0 Å². The van der Waals surface area contributed by atoms with Crippen LogP contribution in [0.1, 0.15) is 30.9 Å². The van der Waals surface area contributed by atoms with Gasteiger partial charge in [0.25, 0.3) is 5.91 Å². The second-order valence-corrected chi connectivity index (χ2v) is 6.88. The van der Waals surface area contributed by atoms with Gasteiger partial charge in [0.15, 0.2) is 11.2 Å². The molecule has 1 amide bonds. The average molecular weight is 379 g/mol. The summed E-state index contributed by atoms with van der Waals surface area (Å²) >= 11 is 0. The summed E-state index contributed by atoms with van der Waals surface area (Å²) in [5, 5.41) is 19.4. The normalized spacial score (nSPS) is 20.2. The fourth-order valence-electron chi connectivity index (χ4n) is 3.93. The molecule has 1 aromatic carbocycles. The van der Waals surface area contributed by atoms with E-state index in [1.165, 1.54) is 0 Å². The number of rotatable bonds is 2. The zero-order valence-corrected chi connectivity index (χ0v) is 15.2. The second kappa shape index (κ2) is 5.97. The van der Waals surface area contributed by atoms with Crippen molar-refractivity contribution >= 4 is 11.6 Å². The van der Waals surface area contributed by atoms with E-state index in [1.54, 1.807) is 29.2 Å². The van der Waals surface area contributed by atoms with Crippen molar-refractivity contribution in [3.63, 3.8) is 0 Å². The Bertz CT molecular complexity index is 1140. The standard InChI is InChI=1S/C20H17N3O5/c1-10(2)23-14-6-4-3-5-12(14)20(19(23)26)13(8-21)18(22)28-16-15(25)7-11(9-24)27-17(16)20/h3-7,10,24H,9,22H2,1-2H3/t20-/m1/s1. The van der Waals surface area contributed by atoms with Gasteiger partial charge in [0.2, 0.25) is 17.1 Å². The Morgan fingerprint density at radius 2 is 2.04 bits per heavy atom.